The van der Waals surface area contributed by atoms with Gasteiger partial charge in [-0.25, -0.2) is 8.42 Å². The van der Waals surface area contributed by atoms with Crippen LogP contribution in [0.3, 0.4) is 0 Å². The highest BCUT2D eigenvalue weighted by Gasteiger charge is 2.25. The zero-order valence-corrected chi connectivity index (χ0v) is 20.3. The van der Waals surface area contributed by atoms with E-state index in [1.165, 1.54) is 44.6 Å². The van der Waals surface area contributed by atoms with Crippen LogP contribution in [0.15, 0.2) is 66.7 Å². The van der Waals surface area contributed by atoms with Crippen molar-refractivity contribution in [1.29, 1.82) is 0 Å². The molecule has 0 saturated heterocycles. The molecule has 10 heteroatoms. The van der Waals surface area contributed by atoms with Crippen LogP contribution in [0, 0.1) is 0 Å². The molecule has 178 valence electrons. The number of ketones is 1. The third-order valence-corrected chi connectivity index (χ3v) is 6.24. The van der Waals surface area contributed by atoms with E-state index in [0.717, 1.165) is 10.6 Å². The van der Waals surface area contributed by atoms with Gasteiger partial charge >= 0.3 is 0 Å². The van der Waals surface area contributed by atoms with Crippen LogP contribution in [-0.4, -0.2) is 47.1 Å². The normalized spacial score (nSPS) is 10.9. The maximum Gasteiger partial charge on any atom is 0.245 e. The Morgan fingerprint density at radius 1 is 0.971 bits per heavy atom. The van der Waals surface area contributed by atoms with Crippen LogP contribution >= 0.6 is 11.6 Å². The third kappa shape index (κ3) is 5.86. The van der Waals surface area contributed by atoms with E-state index in [0.29, 0.717) is 16.3 Å². The summed E-state index contributed by atoms with van der Waals surface area (Å²) in [6, 6.07) is 17.6. The van der Waals surface area contributed by atoms with Gasteiger partial charge in [-0.05, 0) is 30.3 Å². The third-order valence-electron chi connectivity index (χ3n) is 4.88. The van der Waals surface area contributed by atoms with Crippen molar-refractivity contribution >= 4 is 44.7 Å². The van der Waals surface area contributed by atoms with E-state index in [4.69, 9.17) is 21.1 Å². The number of methoxy groups -OCH3 is 2. The summed E-state index contributed by atoms with van der Waals surface area (Å²) in [5, 5.41) is 2.95. The molecule has 3 rings (SSSR count). The van der Waals surface area contributed by atoms with Gasteiger partial charge < -0.3 is 14.8 Å². The molecule has 0 aliphatic heterocycles. The van der Waals surface area contributed by atoms with Gasteiger partial charge in [-0.15, -0.1) is 0 Å². The molecule has 0 radical (unpaired) electrons. The minimum Gasteiger partial charge on any atom is -0.497 e. The average Bonchev–Trinajstić information content (AvgIpc) is 2.82. The van der Waals surface area contributed by atoms with Crippen LogP contribution in [0.2, 0.25) is 5.02 Å². The number of hydrogen-bond acceptors (Lipinski definition) is 6. The molecule has 34 heavy (non-hydrogen) atoms. The number of sulfonamides is 1. The summed E-state index contributed by atoms with van der Waals surface area (Å²) in [5.74, 6) is -0.323. The minimum absolute atomic E-state index is 0.164. The van der Waals surface area contributed by atoms with Gasteiger partial charge in [0.1, 0.15) is 18.0 Å². The number of anilines is 2. The molecule has 0 unspecified atom stereocenters. The molecule has 0 spiro atoms. The molecule has 1 N–H and O–H groups in total. The number of benzene rings is 3. The van der Waals surface area contributed by atoms with E-state index in [2.05, 4.69) is 5.32 Å². The van der Waals surface area contributed by atoms with E-state index in [9.17, 15) is 18.0 Å². The van der Waals surface area contributed by atoms with Crippen molar-refractivity contribution in [3.05, 3.63) is 82.9 Å². The predicted octanol–water partition coefficient (Wildman–Crippen LogP) is 3.99. The first-order chi connectivity index (χ1) is 16.1. The summed E-state index contributed by atoms with van der Waals surface area (Å²) in [5.41, 5.74) is 0.969. The molecule has 0 aliphatic carbocycles. The Kier molecular flexibility index (Phi) is 7.80. The number of ether oxygens (including phenoxy) is 2. The maximum atomic E-state index is 13.0. The molecule has 8 nitrogen and oxygen atoms in total. The number of nitrogens with one attached hydrogen (secondary N) is 1. The zero-order valence-electron chi connectivity index (χ0n) is 18.7. The van der Waals surface area contributed by atoms with Gasteiger partial charge in [0.2, 0.25) is 15.9 Å². The van der Waals surface area contributed by atoms with Gasteiger partial charge in [-0.1, -0.05) is 41.9 Å². The van der Waals surface area contributed by atoms with Gasteiger partial charge in [0, 0.05) is 22.2 Å². The molecule has 0 aliphatic rings. The molecule has 3 aromatic carbocycles. The Balaban J connectivity index is 1.92. The van der Waals surface area contributed by atoms with Gasteiger partial charge in [0.05, 0.1) is 31.9 Å². The number of nitrogens with zero attached hydrogens (tertiary/aromatic N) is 1. The second kappa shape index (κ2) is 10.6. The van der Waals surface area contributed by atoms with Crippen LogP contribution in [0.1, 0.15) is 15.9 Å². The number of carbonyl (C=O) groups excluding carboxylic acids is 2. The first-order valence-electron chi connectivity index (χ1n) is 10.0. The molecular formula is C24H23ClN2O6S. The summed E-state index contributed by atoms with van der Waals surface area (Å²) in [6.07, 6.45) is 0.983. The smallest absolute Gasteiger partial charge is 0.245 e. The number of rotatable bonds is 9. The highest BCUT2D eigenvalue weighted by atomic mass is 35.5. The fourth-order valence-corrected chi connectivity index (χ4v) is 4.28. The molecule has 3 aromatic rings. The summed E-state index contributed by atoms with van der Waals surface area (Å²) in [4.78, 5) is 25.9. The van der Waals surface area contributed by atoms with Crippen molar-refractivity contribution in [3.63, 3.8) is 0 Å². The lowest BCUT2D eigenvalue weighted by atomic mass is 10.0. The molecule has 0 bridgehead atoms. The summed E-state index contributed by atoms with van der Waals surface area (Å²) >= 11 is 6.09. The topological polar surface area (TPSA) is 102 Å². The Hall–Kier alpha value is -3.56. The number of carbonyl (C=O) groups is 2. The zero-order chi connectivity index (χ0) is 24.9. The lowest BCUT2D eigenvalue weighted by Crippen LogP contribution is -2.37. The highest BCUT2D eigenvalue weighted by Crippen LogP contribution is 2.33. The SMILES string of the molecule is COc1ccc(N(CC(=O)Nc2ccc(Cl)cc2C(=O)c2ccccc2)S(C)(=O)=O)c(OC)c1. The van der Waals surface area contributed by atoms with Gasteiger partial charge in [0.15, 0.2) is 5.78 Å². The molecule has 0 aromatic heterocycles. The van der Waals surface area contributed by atoms with Crippen molar-refractivity contribution in [2.45, 2.75) is 0 Å². The monoisotopic (exact) mass is 502 g/mol. The number of hydrogen-bond donors (Lipinski definition) is 1. The average molecular weight is 503 g/mol. The number of amides is 1. The molecule has 0 fully saturated rings. The Morgan fingerprint density at radius 2 is 1.68 bits per heavy atom. The van der Waals surface area contributed by atoms with Crippen molar-refractivity contribution in [2.75, 3.05) is 36.6 Å². The van der Waals surface area contributed by atoms with E-state index < -0.39 is 22.5 Å². The molecule has 0 atom stereocenters. The van der Waals surface area contributed by atoms with E-state index in [-0.39, 0.29) is 28.5 Å². The van der Waals surface area contributed by atoms with Crippen LogP contribution in [0.4, 0.5) is 11.4 Å². The Bertz CT molecular complexity index is 1310. The quantitative estimate of drug-likeness (QED) is 0.444. The maximum absolute atomic E-state index is 13.0. The van der Waals surface area contributed by atoms with Crippen LogP contribution < -0.4 is 19.1 Å². The van der Waals surface area contributed by atoms with E-state index in [1.54, 1.807) is 36.4 Å². The molecular weight excluding hydrogens is 480 g/mol. The molecule has 0 heterocycles. The van der Waals surface area contributed by atoms with Crippen molar-refractivity contribution in [3.8, 4) is 11.5 Å². The van der Waals surface area contributed by atoms with E-state index >= 15 is 0 Å². The van der Waals surface area contributed by atoms with Gasteiger partial charge in [-0.2, -0.15) is 0 Å². The second-order valence-corrected chi connectivity index (χ2v) is 9.58. The minimum atomic E-state index is -3.87. The summed E-state index contributed by atoms with van der Waals surface area (Å²) in [7, 11) is -1.02. The lowest BCUT2D eigenvalue weighted by Gasteiger charge is -2.24. The van der Waals surface area contributed by atoms with Crippen molar-refractivity contribution in [1.82, 2.24) is 0 Å². The van der Waals surface area contributed by atoms with Crippen LogP contribution in [0.5, 0.6) is 11.5 Å². The van der Waals surface area contributed by atoms with Gasteiger partial charge in [0.25, 0.3) is 0 Å². The van der Waals surface area contributed by atoms with Crippen molar-refractivity contribution in [2.24, 2.45) is 0 Å². The highest BCUT2D eigenvalue weighted by molar-refractivity contribution is 7.92. The summed E-state index contributed by atoms with van der Waals surface area (Å²) < 4.78 is 36.4. The van der Waals surface area contributed by atoms with E-state index in [1.807, 2.05) is 0 Å². The second-order valence-electron chi connectivity index (χ2n) is 7.24. The molecule has 1 amide bonds. The van der Waals surface area contributed by atoms with Crippen LogP contribution in [-0.2, 0) is 14.8 Å². The fourth-order valence-electron chi connectivity index (χ4n) is 3.25. The predicted molar refractivity (Wildman–Crippen MR) is 132 cm³/mol. The lowest BCUT2D eigenvalue weighted by molar-refractivity contribution is -0.114. The Morgan fingerprint density at radius 3 is 2.29 bits per heavy atom. The van der Waals surface area contributed by atoms with Crippen molar-refractivity contribution < 1.29 is 27.5 Å². The standard InChI is InChI=1S/C24H23ClN2O6S/c1-32-18-10-12-21(22(14-18)33-2)27(34(3,30)31)15-23(28)26-20-11-9-17(25)13-19(20)24(29)16-7-5-4-6-8-16/h4-14H,15H2,1-3H3,(H,26,28). The Labute approximate surface area is 203 Å². The largest absolute Gasteiger partial charge is 0.497 e. The first-order valence-corrected chi connectivity index (χ1v) is 12.3. The fraction of sp³-hybridized carbons (Fsp3) is 0.167. The van der Waals surface area contributed by atoms with Gasteiger partial charge in [-0.3, -0.25) is 13.9 Å². The first kappa shape index (κ1) is 25.1. The summed E-state index contributed by atoms with van der Waals surface area (Å²) in [6.45, 7) is -0.552. The number of halogens is 1. The molecule has 0 saturated carbocycles. The van der Waals surface area contributed by atoms with Crippen LogP contribution in [0.25, 0.3) is 0 Å².